The number of hydrogen-bond acceptors (Lipinski definition) is 5. The molecule has 0 saturated carbocycles. The summed E-state index contributed by atoms with van der Waals surface area (Å²) in [6.45, 7) is 0.720. The molecule has 1 atom stereocenters. The monoisotopic (exact) mass is 401 g/mol. The zero-order chi connectivity index (χ0) is 19.5. The van der Waals surface area contributed by atoms with Crippen LogP contribution in [0.5, 0.6) is 5.75 Å². The van der Waals surface area contributed by atoms with Crippen molar-refractivity contribution in [3.8, 4) is 5.75 Å². The second kappa shape index (κ2) is 7.98. The Labute approximate surface area is 165 Å². The van der Waals surface area contributed by atoms with Crippen LogP contribution in [-0.2, 0) is 6.61 Å². The molecule has 3 aromatic rings. The van der Waals surface area contributed by atoms with Crippen LogP contribution in [0.4, 0.5) is 4.39 Å². The van der Waals surface area contributed by atoms with Gasteiger partial charge in [-0.05, 0) is 30.5 Å². The second-order valence-electron chi connectivity index (χ2n) is 6.51. The molecule has 1 fully saturated rings. The van der Waals surface area contributed by atoms with Gasteiger partial charge in [-0.25, -0.2) is 4.39 Å². The summed E-state index contributed by atoms with van der Waals surface area (Å²) >= 11 is 5.87. The molecule has 6 nitrogen and oxygen atoms in total. The van der Waals surface area contributed by atoms with Gasteiger partial charge in [-0.3, -0.25) is 9.78 Å². The molecule has 1 aliphatic heterocycles. The van der Waals surface area contributed by atoms with Crippen LogP contribution >= 0.6 is 11.6 Å². The molecule has 0 bridgehead atoms. The molecular formula is C20H17ClFN3O3. The first kappa shape index (κ1) is 18.4. The molecule has 144 valence electrons. The minimum atomic E-state index is -0.296. The molecule has 0 spiro atoms. The molecule has 1 saturated heterocycles. The molecule has 28 heavy (non-hydrogen) atoms. The smallest absolute Gasteiger partial charge is 0.276 e. The van der Waals surface area contributed by atoms with Gasteiger partial charge in [0.2, 0.25) is 0 Å². The third-order valence-corrected chi connectivity index (χ3v) is 4.81. The lowest BCUT2D eigenvalue weighted by Gasteiger charge is -2.24. The van der Waals surface area contributed by atoms with E-state index in [4.69, 9.17) is 20.9 Å². The predicted molar refractivity (Wildman–Crippen MR) is 99.5 cm³/mol. The largest absolute Gasteiger partial charge is 0.484 e. The van der Waals surface area contributed by atoms with Crippen molar-refractivity contribution in [2.75, 3.05) is 6.54 Å². The van der Waals surface area contributed by atoms with E-state index < -0.39 is 0 Å². The molecule has 2 aromatic heterocycles. The maximum absolute atomic E-state index is 13.2. The van der Waals surface area contributed by atoms with E-state index in [0.29, 0.717) is 23.1 Å². The van der Waals surface area contributed by atoms with E-state index in [9.17, 15) is 9.18 Å². The number of rotatable bonds is 5. The maximum Gasteiger partial charge on any atom is 0.276 e. The summed E-state index contributed by atoms with van der Waals surface area (Å²) in [6, 6.07) is 9.36. The zero-order valence-electron chi connectivity index (χ0n) is 14.8. The summed E-state index contributed by atoms with van der Waals surface area (Å²) in [5, 5.41) is 4.35. The van der Waals surface area contributed by atoms with Crippen molar-refractivity contribution in [3.63, 3.8) is 0 Å². The number of carbonyl (C=O) groups excluding carboxylic acids is 1. The molecule has 3 heterocycles. The lowest BCUT2D eigenvalue weighted by molar-refractivity contribution is 0.0725. The molecule has 4 rings (SSSR count). The third kappa shape index (κ3) is 3.99. The van der Waals surface area contributed by atoms with Crippen LogP contribution in [0.15, 0.2) is 53.3 Å². The van der Waals surface area contributed by atoms with Crippen LogP contribution < -0.4 is 4.74 Å². The van der Waals surface area contributed by atoms with Gasteiger partial charge >= 0.3 is 0 Å². The predicted octanol–water partition coefficient (Wildman–Crippen LogP) is 4.42. The van der Waals surface area contributed by atoms with Gasteiger partial charge in [-0.15, -0.1) is 0 Å². The maximum atomic E-state index is 13.2. The van der Waals surface area contributed by atoms with Crippen molar-refractivity contribution in [1.29, 1.82) is 0 Å². The number of carbonyl (C=O) groups is 1. The number of hydrogen-bond donors (Lipinski definition) is 0. The third-order valence-electron chi connectivity index (χ3n) is 4.61. The topological polar surface area (TPSA) is 68.5 Å². The summed E-state index contributed by atoms with van der Waals surface area (Å²) in [5.74, 6) is 0.399. The van der Waals surface area contributed by atoms with Gasteiger partial charge in [0.15, 0.2) is 11.5 Å². The van der Waals surface area contributed by atoms with Crippen LogP contribution in [0.25, 0.3) is 0 Å². The summed E-state index contributed by atoms with van der Waals surface area (Å²) in [4.78, 5) is 18.6. The summed E-state index contributed by atoms with van der Waals surface area (Å²) in [7, 11) is 0. The fraction of sp³-hybridized carbons (Fsp3) is 0.250. The number of halogens is 2. The highest BCUT2D eigenvalue weighted by molar-refractivity contribution is 6.30. The molecule has 1 amide bonds. The van der Waals surface area contributed by atoms with E-state index in [1.807, 2.05) is 0 Å². The SMILES string of the molecule is O=C(c1cc(COc2cncc(Cl)c2)on1)N1CCCC1c1ccc(F)cc1. The van der Waals surface area contributed by atoms with Crippen LogP contribution in [0.1, 0.15) is 40.7 Å². The van der Waals surface area contributed by atoms with Crippen molar-refractivity contribution in [2.24, 2.45) is 0 Å². The average Bonchev–Trinajstić information content (AvgIpc) is 3.36. The van der Waals surface area contributed by atoms with Crippen LogP contribution in [0, 0.1) is 5.82 Å². The summed E-state index contributed by atoms with van der Waals surface area (Å²) in [5.41, 5.74) is 1.13. The van der Waals surface area contributed by atoms with Crippen LogP contribution in [0.3, 0.4) is 0 Å². The first-order chi connectivity index (χ1) is 13.6. The highest BCUT2D eigenvalue weighted by Crippen LogP contribution is 2.33. The van der Waals surface area contributed by atoms with Gasteiger partial charge < -0.3 is 14.2 Å². The normalized spacial score (nSPS) is 16.4. The standard InChI is InChI=1S/C20H17ClFN3O3/c21-14-8-16(11-23-10-14)27-12-17-9-18(24-28-17)20(26)25-7-1-2-19(25)13-3-5-15(22)6-4-13/h3-6,8-11,19H,1-2,7,12H2. The fourth-order valence-electron chi connectivity index (χ4n) is 3.30. The second-order valence-corrected chi connectivity index (χ2v) is 6.95. The molecule has 8 heteroatoms. The quantitative estimate of drug-likeness (QED) is 0.633. The highest BCUT2D eigenvalue weighted by atomic mass is 35.5. The molecule has 1 aliphatic rings. The number of amides is 1. The number of pyridine rings is 1. The van der Waals surface area contributed by atoms with Gasteiger partial charge in [0.05, 0.1) is 17.3 Å². The van der Waals surface area contributed by atoms with E-state index in [1.54, 1.807) is 29.2 Å². The first-order valence-corrected chi connectivity index (χ1v) is 9.23. The highest BCUT2D eigenvalue weighted by Gasteiger charge is 2.32. The Morgan fingerprint density at radius 3 is 2.89 bits per heavy atom. The average molecular weight is 402 g/mol. The Kier molecular flexibility index (Phi) is 5.25. The Hall–Kier alpha value is -2.93. The lowest BCUT2D eigenvalue weighted by Crippen LogP contribution is -2.30. The van der Waals surface area contributed by atoms with Crippen molar-refractivity contribution in [2.45, 2.75) is 25.5 Å². The molecule has 0 radical (unpaired) electrons. The molecule has 0 N–H and O–H groups in total. The van der Waals surface area contributed by atoms with E-state index in [1.165, 1.54) is 24.5 Å². The Balaban J connectivity index is 1.44. The zero-order valence-corrected chi connectivity index (χ0v) is 15.6. The first-order valence-electron chi connectivity index (χ1n) is 8.85. The Morgan fingerprint density at radius 2 is 2.11 bits per heavy atom. The Bertz CT molecular complexity index is 977. The van der Waals surface area contributed by atoms with E-state index in [-0.39, 0.29) is 30.1 Å². The summed E-state index contributed by atoms with van der Waals surface area (Å²) < 4.78 is 24.0. The molecule has 1 unspecified atom stereocenters. The number of likely N-dealkylation sites (tertiary alicyclic amines) is 1. The van der Waals surface area contributed by atoms with E-state index in [2.05, 4.69) is 10.1 Å². The van der Waals surface area contributed by atoms with Crippen molar-refractivity contribution >= 4 is 17.5 Å². The van der Waals surface area contributed by atoms with E-state index in [0.717, 1.165) is 18.4 Å². The molecule has 1 aromatic carbocycles. The van der Waals surface area contributed by atoms with Crippen molar-refractivity contribution in [1.82, 2.24) is 15.0 Å². The van der Waals surface area contributed by atoms with Gasteiger partial charge in [-0.1, -0.05) is 28.9 Å². The number of benzene rings is 1. The van der Waals surface area contributed by atoms with Crippen molar-refractivity contribution in [3.05, 3.63) is 76.6 Å². The number of ether oxygens (including phenoxy) is 1. The fourth-order valence-corrected chi connectivity index (χ4v) is 3.46. The van der Waals surface area contributed by atoms with Crippen LogP contribution in [0.2, 0.25) is 5.02 Å². The number of aromatic nitrogens is 2. The molecular weight excluding hydrogens is 385 g/mol. The van der Waals surface area contributed by atoms with E-state index >= 15 is 0 Å². The minimum absolute atomic E-state index is 0.0953. The van der Waals surface area contributed by atoms with Gasteiger partial charge in [-0.2, -0.15) is 0 Å². The Morgan fingerprint density at radius 1 is 1.29 bits per heavy atom. The lowest BCUT2D eigenvalue weighted by atomic mass is 10.0. The number of nitrogens with zero attached hydrogens (tertiary/aromatic N) is 3. The summed E-state index contributed by atoms with van der Waals surface area (Å²) in [6.07, 6.45) is 4.75. The van der Waals surface area contributed by atoms with Gasteiger partial charge in [0.1, 0.15) is 18.2 Å². The molecule has 0 aliphatic carbocycles. The van der Waals surface area contributed by atoms with Crippen molar-refractivity contribution < 1.29 is 18.4 Å². The van der Waals surface area contributed by atoms with Crippen LogP contribution in [-0.4, -0.2) is 27.5 Å². The minimum Gasteiger partial charge on any atom is -0.484 e. The van der Waals surface area contributed by atoms with Gasteiger partial charge in [0, 0.05) is 24.9 Å². The van der Waals surface area contributed by atoms with Gasteiger partial charge in [0.25, 0.3) is 5.91 Å².